The molecular weight excluding hydrogens is 592 g/mol. The molecule has 0 atom stereocenters. The fraction of sp³-hybridized carbons (Fsp3) is 0.0882. The number of aromatic nitrogens is 2. The van der Waals surface area contributed by atoms with E-state index in [-0.39, 0.29) is 11.3 Å². The molecule has 0 saturated carbocycles. The molecule has 10 nitrogen and oxygen atoms in total. The van der Waals surface area contributed by atoms with Gasteiger partial charge in [0.1, 0.15) is 11.4 Å². The Bertz CT molecular complexity index is 1820. The van der Waals surface area contributed by atoms with Gasteiger partial charge < -0.3 is 15.4 Å². The molecule has 45 heavy (non-hydrogen) atoms. The van der Waals surface area contributed by atoms with Crippen LogP contribution in [0, 0.1) is 0 Å². The number of carbonyl (C=O) groups excluding carboxylic acids is 3. The largest absolute Gasteiger partial charge is 0.494 e. The molecule has 0 radical (unpaired) electrons. The second-order valence-corrected chi connectivity index (χ2v) is 10.2. The number of nitrogens with one attached hydrogen (secondary N) is 3. The van der Waals surface area contributed by atoms with Crippen molar-refractivity contribution in [3.63, 3.8) is 0 Å². The molecule has 0 aliphatic heterocycles. The van der Waals surface area contributed by atoms with Gasteiger partial charge in [-0.3, -0.25) is 14.4 Å². The van der Waals surface area contributed by atoms with Crippen LogP contribution in [0.3, 0.4) is 0 Å². The third-order valence-electron chi connectivity index (χ3n) is 6.46. The number of ether oxygens (including phenoxy) is 1. The molecule has 4 aromatic carbocycles. The number of nitrogens with zero attached hydrogens (tertiary/aromatic N) is 3. The van der Waals surface area contributed by atoms with Crippen molar-refractivity contribution in [3.05, 3.63) is 125 Å². The molecule has 5 rings (SSSR count). The van der Waals surface area contributed by atoms with Gasteiger partial charge in [-0.25, -0.2) is 10.1 Å². The highest BCUT2D eigenvalue weighted by molar-refractivity contribution is 6.40. The maximum absolute atomic E-state index is 12.9. The zero-order chi connectivity index (χ0) is 31.6. The summed E-state index contributed by atoms with van der Waals surface area (Å²) in [6.45, 7) is 2.66. The van der Waals surface area contributed by atoms with Gasteiger partial charge in [-0.2, -0.15) is 10.2 Å². The quantitative estimate of drug-likeness (QED) is 0.0956. The lowest BCUT2D eigenvalue weighted by Gasteiger charge is -2.11. The molecule has 0 aliphatic rings. The van der Waals surface area contributed by atoms with Gasteiger partial charge in [0.15, 0.2) is 0 Å². The summed E-state index contributed by atoms with van der Waals surface area (Å²) in [5, 5.41) is 14.5. The van der Waals surface area contributed by atoms with Crippen LogP contribution in [0.5, 0.6) is 5.75 Å². The van der Waals surface area contributed by atoms with Crippen LogP contribution < -0.4 is 20.8 Å². The minimum Gasteiger partial charge on any atom is -0.494 e. The first-order valence-corrected chi connectivity index (χ1v) is 14.5. The highest BCUT2D eigenvalue weighted by Gasteiger charge is 2.18. The van der Waals surface area contributed by atoms with Crippen molar-refractivity contribution >= 4 is 46.9 Å². The Labute approximate surface area is 264 Å². The van der Waals surface area contributed by atoms with E-state index < -0.39 is 17.7 Å². The third kappa shape index (κ3) is 8.01. The Morgan fingerprint density at radius 3 is 2.31 bits per heavy atom. The Morgan fingerprint density at radius 2 is 1.58 bits per heavy atom. The fourth-order valence-corrected chi connectivity index (χ4v) is 4.39. The van der Waals surface area contributed by atoms with Gasteiger partial charge >= 0.3 is 11.8 Å². The van der Waals surface area contributed by atoms with Crippen LogP contribution >= 0.6 is 11.6 Å². The number of halogens is 1. The number of hydrazone groups is 1. The van der Waals surface area contributed by atoms with E-state index in [2.05, 4.69) is 21.2 Å². The lowest BCUT2D eigenvalue weighted by Crippen LogP contribution is -2.33. The number of hydrogen-bond donors (Lipinski definition) is 3. The van der Waals surface area contributed by atoms with Crippen molar-refractivity contribution in [3.8, 4) is 22.7 Å². The van der Waals surface area contributed by atoms with Gasteiger partial charge in [-0.05, 0) is 79.2 Å². The lowest BCUT2D eigenvalue weighted by molar-refractivity contribution is -0.136. The molecule has 3 amide bonds. The maximum atomic E-state index is 12.9. The van der Waals surface area contributed by atoms with E-state index >= 15 is 0 Å². The zero-order valence-corrected chi connectivity index (χ0v) is 25.0. The van der Waals surface area contributed by atoms with E-state index in [1.54, 1.807) is 47.3 Å². The predicted octanol–water partition coefficient (Wildman–Crippen LogP) is 6.32. The highest BCUT2D eigenvalue weighted by atomic mass is 35.5. The third-order valence-corrected chi connectivity index (χ3v) is 6.71. The van der Waals surface area contributed by atoms with Crippen molar-refractivity contribution < 1.29 is 19.1 Å². The van der Waals surface area contributed by atoms with Crippen LogP contribution in [-0.4, -0.2) is 40.3 Å². The second-order valence-electron chi connectivity index (χ2n) is 9.75. The standard InChI is InChI=1S/C34H29ClN6O4/c1-2-20-45-28-18-12-23(13-19-28)31-24(22-41(40-31)27-8-4-3-5-9-27)21-36-39-34(44)33(43)38-30-11-7-6-10-29(30)32(42)37-26-16-14-25(35)15-17-26/h3-19,21-22H,2,20H2,1H3,(H,37,42)(H,38,43)(H,39,44)/b36-21-. The van der Waals surface area contributed by atoms with Crippen LogP contribution in [0.2, 0.25) is 5.02 Å². The Balaban J connectivity index is 1.29. The van der Waals surface area contributed by atoms with Gasteiger partial charge in [0, 0.05) is 28.0 Å². The number of amides is 3. The average Bonchev–Trinajstić information content (AvgIpc) is 3.49. The number of anilines is 2. The van der Waals surface area contributed by atoms with Crippen molar-refractivity contribution in [2.75, 3.05) is 17.2 Å². The van der Waals surface area contributed by atoms with E-state index in [1.807, 2.05) is 61.5 Å². The Hall–Kier alpha value is -5.74. The Kier molecular flexibility index (Phi) is 9.98. The van der Waals surface area contributed by atoms with Gasteiger partial charge in [-0.15, -0.1) is 0 Å². The van der Waals surface area contributed by atoms with Crippen molar-refractivity contribution in [1.82, 2.24) is 15.2 Å². The average molecular weight is 621 g/mol. The molecular formula is C34H29ClN6O4. The lowest BCUT2D eigenvalue weighted by atomic mass is 10.1. The minimum atomic E-state index is -1.02. The fourth-order valence-electron chi connectivity index (χ4n) is 4.26. The number of para-hydroxylation sites is 2. The first kappa shape index (κ1) is 30.7. The molecule has 11 heteroatoms. The van der Waals surface area contributed by atoms with Gasteiger partial charge in [0.2, 0.25) is 0 Å². The summed E-state index contributed by atoms with van der Waals surface area (Å²) in [4.78, 5) is 38.3. The summed E-state index contributed by atoms with van der Waals surface area (Å²) < 4.78 is 7.40. The zero-order valence-electron chi connectivity index (χ0n) is 24.2. The van der Waals surface area contributed by atoms with Crippen LogP contribution in [0.25, 0.3) is 16.9 Å². The normalized spacial score (nSPS) is 10.8. The van der Waals surface area contributed by atoms with E-state index in [9.17, 15) is 14.4 Å². The van der Waals surface area contributed by atoms with Crippen molar-refractivity contribution in [1.29, 1.82) is 0 Å². The molecule has 0 unspecified atom stereocenters. The van der Waals surface area contributed by atoms with Gasteiger partial charge in [0.25, 0.3) is 5.91 Å². The van der Waals surface area contributed by atoms with Crippen LogP contribution in [0.4, 0.5) is 11.4 Å². The monoisotopic (exact) mass is 620 g/mol. The summed E-state index contributed by atoms with van der Waals surface area (Å²) in [5.74, 6) is -1.74. The number of hydrogen-bond acceptors (Lipinski definition) is 6. The van der Waals surface area contributed by atoms with Crippen molar-refractivity contribution in [2.45, 2.75) is 13.3 Å². The van der Waals surface area contributed by atoms with Crippen LogP contribution in [0.15, 0.2) is 114 Å². The molecule has 0 bridgehead atoms. The number of rotatable bonds is 10. The summed E-state index contributed by atoms with van der Waals surface area (Å²) in [6, 6.07) is 30.0. The van der Waals surface area contributed by atoms with E-state index in [0.717, 1.165) is 23.4 Å². The molecule has 3 N–H and O–H groups in total. The summed E-state index contributed by atoms with van der Waals surface area (Å²) in [6.07, 6.45) is 4.10. The second kappa shape index (κ2) is 14.6. The van der Waals surface area contributed by atoms with E-state index in [4.69, 9.17) is 21.4 Å². The maximum Gasteiger partial charge on any atom is 0.329 e. The molecule has 5 aromatic rings. The van der Waals surface area contributed by atoms with Crippen molar-refractivity contribution in [2.24, 2.45) is 5.10 Å². The van der Waals surface area contributed by atoms with Gasteiger partial charge in [-0.1, -0.05) is 48.9 Å². The number of benzene rings is 4. The molecule has 0 aliphatic carbocycles. The summed E-state index contributed by atoms with van der Waals surface area (Å²) >= 11 is 5.91. The van der Waals surface area contributed by atoms with E-state index in [0.29, 0.717) is 28.6 Å². The highest BCUT2D eigenvalue weighted by Crippen LogP contribution is 2.25. The molecule has 0 fully saturated rings. The smallest absolute Gasteiger partial charge is 0.329 e. The SMILES string of the molecule is CCCOc1ccc(-c2nn(-c3ccccc3)cc2/C=N\NC(=O)C(=O)Nc2ccccc2C(=O)Nc2ccc(Cl)cc2)cc1. The van der Waals surface area contributed by atoms with E-state index in [1.165, 1.54) is 18.3 Å². The molecule has 1 heterocycles. The molecule has 0 saturated heterocycles. The predicted molar refractivity (Wildman–Crippen MR) is 175 cm³/mol. The topological polar surface area (TPSA) is 127 Å². The summed E-state index contributed by atoms with van der Waals surface area (Å²) in [7, 11) is 0. The molecule has 226 valence electrons. The Morgan fingerprint density at radius 1 is 0.867 bits per heavy atom. The van der Waals surface area contributed by atoms with Crippen LogP contribution in [-0.2, 0) is 9.59 Å². The number of carbonyl (C=O) groups is 3. The van der Waals surface area contributed by atoms with Crippen LogP contribution in [0.1, 0.15) is 29.3 Å². The molecule has 0 spiro atoms. The summed E-state index contributed by atoms with van der Waals surface area (Å²) in [5.41, 5.74) is 5.97. The van der Waals surface area contributed by atoms with Gasteiger partial charge in [0.05, 0.1) is 29.8 Å². The molecule has 1 aromatic heterocycles. The minimum absolute atomic E-state index is 0.158. The first-order chi connectivity index (χ1) is 21.9. The first-order valence-electron chi connectivity index (χ1n) is 14.1.